The molecule has 2 aromatic carbocycles. The van der Waals surface area contributed by atoms with Crippen LogP contribution in [0.4, 0.5) is 0 Å². The van der Waals surface area contributed by atoms with Crippen LogP contribution in [0.3, 0.4) is 0 Å². The van der Waals surface area contributed by atoms with E-state index in [1.165, 1.54) is 44.5 Å². The van der Waals surface area contributed by atoms with Crippen molar-refractivity contribution in [3.8, 4) is 11.1 Å². The predicted molar refractivity (Wildman–Crippen MR) is 72.5 cm³/mol. The molecule has 1 aliphatic rings. The molecule has 4 heteroatoms. The van der Waals surface area contributed by atoms with E-state index in [2.05, 4.69) is 52.0 Å². The summed E-state index contributed by atoms with van der Waals surface area (Å²) >= 11 is 0. The van der Waals surface area contributed by atoms with Gasteiger partial charge in [0.1, 0.15) is 0 Å². The molecule has 3 rings (SSSR count). The van der Waals surface area contributed by atoms with Gasteiger partial charge in [-0.25, -0.2) is 0 Å². The number of halogens is 3. The molecular weight excluding hydrogens is 358 g/mol. The standard InChI is InChI=1S/C17H17.3ClH.Ti/c1-10-5-7-12(3)16-14(10)9-15-11(2)6-8-13(4)17(15)16;;;;/h5,7-8H,9H2,1-4H3;3*1H;/q-1;;;;+4/p-3. The molecule has 0 unspecified atom stereocenters. The molecule has 0 fully saturated rings. The van der Waals surface area contributed by atoms with Gasteiger partial charge < -0.3 is 37.2 Å². The number of rotatable bonds is 0. The average Bonchev–Trinajstić information content (AvgIpc) is 2.71. The first kappa shape index (κ1) is 23.3. The van der Waals surface area contributed by atoms with Crippen molar-refractivity contribution < 1.29 is 58.9 Å². The summed E-state index contributed by atoms with van der Waals surface area (Å²) in [5.41, 5.74) is 11.4. The summed E-state index contributed by atoms with van der Waals surface area (Å²) in [5.74, 6) is 0. The van der Waals surface area contributed by atoms with Crippen LogP contribution in [-0.2, 0) is 28.1 Å². The van der Waals surface area contributed by atoms with E-state index < -0.39 is 0 Å². The van der Waals surface area contributed by atoms with E-state index in [1.54, 1.807) is 0 Å². The van der Waals surface area contributed by atoms with Gasteiger partial charge in [0.25, 0.3) is 0 Å². The Kier molecular flexibility index (Phi) is 9.54. The second-order valence-electron chi connectivity index (χ2n) is 5.18. The van der Waals surface area contributed by atoms with Crippen LogP contribution >= 0.6 is 0 Å². The second kappa shape index (κ2) is 8.60. The molecule has 0 amide bonds. The van der Waals surface area contributed by atoms with Gasteiger partial charge in [-0.05, 0) is 42.5 Å². The molecule has 0 N–H and O–H groups in total. The van der Waals surface area contributed by atoms with Crippen molar-refractivity contribution in [3.05, 3.63) is 57.6 Å². The van der Waals surface area contributed by atoms with Gasteiger partial charge in [-0.2, -0.15) is 23.3 Å². The van der Waals surface area contributed by atoms with Crippen molar-refractivity contribution in [1.29, 1.82) is 0 Å². The summed E-state index contributed by atoms with van der Waals surface area (Å²) in [7, 11) is 0. The van der Waals surface area contributed by atoms with Gasteiger partial charge >= 0.3 is 21.7 Å². The minimum absolute atomic E-state index is 0. The third-order valence-electron chi connectivity index (χ3n) is 4.01. The van der Waals surface area contributed by atoms with E-state index in [1.807, 2.05) is 0 Å². The SMILES string of the molecule is Cc1[c-]cc(C)c2c1Cc1c(C)ccc(C)c1-2.[Cl-].[Cl-].[Cl-].[Ti+4]. The van der Waals surface area contributed by atoms with Gasteiger partial charge in [0.2, 0.25) is 0 Å². The molecule has 21 heavy (non-hydrogen) atoms. The molecule has 0 radical (unpaired) electrons. The van der Waals surface area contributed by atoms with Crippen molar-refractivity contribution in [3.63, 3.8) is 0 Å². The van der Waals surface area contributed by atoms with Crippen LogP contribution in [0.15, 0.2) is 18.2 Å². The van der Waals surface area contributed by atoms with E-state index in [4.69, 9.17) is 0 Å². The molecule has 0 bridgehead atoms. The maximum absolute atomic E-state index is 3.37. The van der Waals surface area contributed by atoms with Crippen molar-refractivity contribution in [2.75, 3.05) is 0 Å². The van der Waals surface area contributed by atoms with Gasteiger partial charge in [0.15, 0.2) is 0 Å². The first-order valence-corrected chi connectivity index (χ1v) is 6.20. The first-order chi connectivity index (χ1) is 8.09. The van der Waals surface area contributed by atoms with Crippen LogP contribution in [0.25, 0.3) is 11.1 Å². The van der Waals surface area contributed by atoms with Crippen LogP contribution in [0.2, 0.25) is 0 Å². The minimum Gasteiger partial charge on any atom is -1.00 e. The quantitative estimate of drug-likeness (QED) is 0.274. The zero-order valence-electron chi connectivity index (χ0n) is 12.6. The van der Waals surface area contributed by atoms with E-state index in [9.17, 15) is 0 Å². The topological polar surface area (TPSA) is 0 Å². The Balaban J connectivity index is 0. The number of benzene rings is 2. The Labute approximate surface area is 161 Å². The molecule has 0 saturated carbocycles. The Morgan fingerprint density at radius 3 is 1.90 bits per heavy atom. The summed E-state index contributed by atoms with van der Waals surface area (Å²) in [6.45, 7) is 8.82. The Morgan fingerprint density at radius 2 is 1.29 bits per heavy atom. The monoisotopic (exact) mass is 374 g/mol. The molecule has 110 valence electrons. The van der Waals surface area contributed by atoms with E-state index in [0.717, 1.165) is 6.42 Å². The van der Waals surface area contributed by atoms with Crippen LogP contribution < -0.4 is 37.2 Å². The Bertz CT molecular complexity index is 581. The van der Waals surface area contributed by atoms with Crippen molar-refractivity contribution in [2.45, 2.75) is 34.1 Å². The third-order valence-corrected chi connectivity index (χ3v) is 4.01. The first-order valence-electron chi connectivity index (χ1n) is 6.20. The Morgan fingerprint density at radius 1 is 0.762 bits per heavy atom. The normalized spacial score (nSPS) is 10.1. The molecule has 0 heterocycles. The number of hydrogen-bond donors (Lipinski definition) is 0. The smallest absolute Gasteiger partial charge is 1.00 e. The fraction of sp³-hybridized carbons (Fsp3) is 0.294. The van der Waals surface area contributed by atoms with Crippen LogP contribution in [0.5, 0.6) is 0 Å². The largest absolute Gasteiger partial charge is 4.00 e. The molecule has 0 saturated heterocycles. The second-order valence-corrected chi connectivity index (χ2v) is 5.18. The van der Waals surface area contributed by atoms with E-state index in [-0.39, 0.29) is 58.9 Å². The molecule has 0 aliphatic heterocycles. The summed E-state index contributed by atoms with van der Waals surface area (Å²) in [4.78, 5) is 0. The molecular formula is C17H17Cl3Ti. The predicted octanol–water partition coefficient (Wildman–Crippen LogP) is -4.70. The van der Waals surface area contributed by atoms with Gasteiger partial charge in [-0.15, -0.1) is 11.1 Å². The number of fused-ring (bicyclic) bond motifs is 3. The summed E-state index contributed by atoms with van der Waals surface area (Å²) in [5, 5.41) is 0. The van der Waals surface area contributed by atoms with Crippen molar-refractivity contribution >= 4 is 0 Å². The van der Waals surface area contributed by atoms with Crippen LogP contribution in [0, 0.1) is 33.8 Å². The van der Waals surface area contributed by atoms with Crippen LogP contribution in [0.1, 0.15) is 33.4 Å². The summed E-state index contributed by atoms with van der Waals surface area (Å²) in [6, 6.07) is 9.99. The summed E-state index contributed by atoms with van der Waals surface area (Å²) < 4.78 is 0. The van der Waals surface area contributed by atoms with E-state index >= 15 is 0 Å². The van der Waals surface area contributed by atoms with Crippen molar-refractivity contribution in [2.24, 2.45) is 0 Å². The zero-order valence-corrected chi connectivity index (χ0v) is 16.4. The van der Waals surface area contributed by atoms with Crippen LogP contribution in [-0.4, -0.2) is 0 Å². The molecule has 0 spiro atoms. The molecule has 0 aromatic heterocycles. The maximum atomic E-state index is 3.37. The molecule has 2 aromatic rings. The van der Waals surface area contributed by atoms with Crippen molar-refractivity contribution in [1.82, 2.24) is 0 Å². The number of hydrogen-bond acceptors (Lipinski definition) is 0. The van der Waals surface area contributed by atoms with Gasteiger partial charge in [-0.3, -0.25) is 0 Å². The maximum Gasteiger partial charge on any atom is 4.00 e. The third kappa shape index (κ3) is 3.68. The van der Waals surface area contributed by atoms with Gasteiger partial charge in [-0.1, -0.05) is 26.0 Å². The van der Waals surface area contributed by atoms with E-state index in [0.29, 0.717) is 0 Å². The Hall–Kier alpha value is 0.0243. The minimum atomic E-state index is 0. The average molecular weight is 376 g/mol. The number of aryl methyl sites for hydroxylation is 4. The van der Waals surface area contributed by atoms with Gasteiger partial charge in [0, 0.05) is 0 Å². The fourth-order valence-electron chi connectivity index (χ4n) is 2.99. The zero-order chi connectivity index (χ0) is 12.2. The summed E-state index contributed by atoms with van der Waals surface area (Å²) in [6.07, 6.45) is 1.09. The molecule has 0 atom stereocenters. The molecule has 0 nitrogen and oxygen atoms in total. The van der Waals surface area contributed by atoms with Gasteiger partial charge in [0.05, 0.1) is 0 Å². The fourth-order valence-corrected chi connectivity index (χ4v) is 2.99. The molecule has 1 aliphatic carbocycles.